The molecule has 1 aromatic rings. The van der Waals surface area contributed by atoms with E-state index >= 15 is 0 Å². The lowest BCUT2D eigenvalue weighted by atomic mass is 10.1. The quantitative estimate of drug-likeness (QED) is 0.634. The molecular formula is C10H11F3N2O2. The number of nitrogens with one attached hydrogen (secondary N) is 1. The van der Waals surface area contributed by atoms with E-state index in [1.807, 2.05) is 0 Å². The van der Waals surface area contributed by atoms with Gasteiger partial charge in [0.05, 0.1) is 24.0 Å². The van der Waals surface area contributed by atoms with Crippen molar-refractivity contribution in [1.29, 1.82) is 0 Å². The number of hydrogen-bond donors (Lipinski definition) is 2. The lowest BCUT2D eigenvalue weighted by Gasteiger charge is -2.12. The first-order chi connectivity index (χ1) is 7.83. The van der Waals surface area contributed by atoms with Crippen molar-refractivity contribution in [3.05, 3.63) is 23.8 Å². The Hall–Kier alpha value is -1.92. The first-order valence-corrected chi connectivity index (χ1v) is 4.62. The molecule has 0 saturated carbocycles. The zero-order valence-corrected chi connectivity index (χ0v) is 8.97. The van der Waals surface area contributed by atoms with Crippen LogP contribution in [0.2, 0.25) is 0 Å². The van der Waals surface area contributed by atoms with Crippen molar-refractivity contribution in [3.63, 3.8) is 0 Å². The zero-order chi connectivity index (χ0) is 13.1. The number of carbonyl (C=O) groups is 1. The fraction of sp³-hybridized carbons (Fsp3) is 0.300. The molecule has 0 spiro atoms. The van der Waals surface area contributed by atoms with E-state index in [2.05, 4.69) is 10.1 Å². The third-order valence-electron chi connectivity index (χ3n) is 1.95. The van der Waals surface area contributed by atoms with Gasteiger partial charge in [0.2, 0.25) is 0 Å². The Bertz CT molecular complexity index is 419. The van der Waals surface area contributed by atoms with Crippen LogP contribution in [0.15, 0.2) is 18.2 Å². The first kappa shape index (κ1) is 13.1. The van der Waals surface area contributed by atoms with E-state index in [1.165, 1.54) is 25.3 Å². The fourth-order valence-electron chi connectivity index (χ4n) is 1.16. The van der Waals surface area contributed by atoms with Crippen molar-refractivity contribution >= 4 is 17.3 Å². The summed E-state index contributed by atoms with van der Waals surface area (Å²) in [5.41, 5.74) is 5.86. The van der Waals surface area contributed by atoms with Gasteiger partial charge in [-0.3, -0.25) is 0 Å². The Morgan fingerprint density at radius 3 is 2.59 bits per heavy atom. The van der Waals surface area contributed by atoms with Crippen LogP contribution in [0.4, 0.5) is 24.5 Å². The molecule has 0 aliphatic rings. The van der Waals surface area contributed by atoms with Crippen LogP contribution in [0.1, 0.15) is 10.4 Å². The average molecular weight is 248 g/mol. The molecule has 0 fully saturated rings. The van der Waals surface area contributed by atoms with E-state index in [0.717, 1.165) is 0 Å². The van der Waals surface area contributed by atoms with E-state index in [0.29, 0.717) is 0 Å². The molecule has 0 heterocycles. The summed E-state index contributed by atoms with van der Waals surface area (Å²) < 4.78 is 40.3. The fourth-order valence-corrected chi connectivity index (χ4v) is 1.16. The number of benzene rings is 1. The molecule has 3 N–H and O–H groups in total. The van der Waals surface area contributed by atoms with Gasteiger partial charge in [-0.25, -0.2) is 4.79 Å². The SMILES string of the molecule is COC(=O)c1ccc(NCC(F)(F)F)c(N)c1. The number of methoxy groups -OCH3 is 1. The van der Waals surface area contributed by atoms with Crippen LogP contribution in [0.25, 0.3) is 0 Å². The summed E-state index contributed by atoms with van der Waals surface area (Å²) in [6, 6.07) is 3.89. The third-order valence-corrected chi connectivity index (χ3v) is 1.95. The first-order valence-electron chi connectivity index (χ1n) is 4.62. The number of hydrogen-bond acceptors (Lipinski definition) is 4. The molecule has 4 nitrogen and oxygen atoms in total. The topological polar surface area (TPSA) is 64.3 Å². The summed E-state index contributed by atoms with van der Waals surface area (Å²) in [6.45, 7) is -1.19. The molecule has 0 aliphatic carbocycles. The Morgan fingerprint density at radius 2 is 2.12 bits per heavy atom. The lowest BCUT2D eigenvalue weighted by Crippen LogP contribution is -2.21. The Labute approximate surface area is 95.6 Å². The molecule has 1 aromatic carbocycles. The molecule has 0 atom stereocenters. The summed E-state index contributed by atoms with van der Waals surface area (Å²) in [5.74, 6) is -0.598. The maximum atomic E-state index is 12.0. The number of nitrogen functional groups attached to an aromatic ring is 1. The van der Waals surface area contributed by atoms with Crippen LogP contribution in [-0.2, 0) is 4.74 Å². The van der Waals surface area contributed by atoms with Crippen LogP contribution >= 0.6 is 0 Å². The number of halogens is 3. The van der Waals surface area contributed by atoms with E-state index in [9.17, 15) is 18.0 Å². The van der Waals surface area contributed by atoms with Gasteiger partial charge in [0.15, 0.2) is 0 Å². The molecule has 7 heteroatoms. The highest BCUT2D eigenvalue weighted by atomic mass is 19.4. The van der Waals surface area contributed by atoms with E-state index in [-0.39, 0.29) is 16.9 Å². The largest absolute Gasteiger partial charge is 0.465 e. The number of rotatable bonds is 3. The lowest BCUT2D eigenvalue weighted by molar-refractivity contribution is -0.115. The van der Waals surface area contributed by atoms with Crippen LogP contribution in [0.3, 0.4) is 0 Å². The van der Waals surface area contributed by atoms with Crippen LogP contribution in [0, 0.1) is 0 Å². The minimum Gasteiger partial charge on any atom is -0.465 e. The highest BCUT2D eigenvalue weighted by molar-refractivity contribution is 5.91. The minimum absolute atomic E-state index is 0.0529. The second-order valence-electron chi connectivity index (χ2n) is 3.26. The summed E-state index contributed by atoms with van der Waals surface area (Å²) in [5, 5.41) is 2.13. The molecule has 0 aromatic heterocycles. The maximum absolute atomic E-state index is 12.0. The molecule has 0 unspecified atom stereocenters. The maximum Gasteiger partial charge on any atom is 0.405 e. The number of anilines is 2. The Balaban J connectivity index is 2.80. The molecule has 17 heavy (non-hydrogen) atoms. The standard InChI is InChI=1S/C10H11F3N2O2/c1-17-9(16)6-2-3-8(7(14)4-6)15-5-10(11,12)13/h2-4,15H,5,14H2,1H3. The number of esters is 1. The minimum atomic E-state index is -4.33. The van der Waals surface area contributed by atoms with Crippen LogP contribution in [-0.4, -0.2) is 25.8 Å². The monoisotopic (exact) mass is 248 g/mol. The molecule has 0 bridgehead atoms. The van der Waals surface area contributed by atoms with Crippen molar-refractivity contribution in [2.45, 2.75) is 6.18 Å². The highest BCUT2D eigenvalue weighted by Crippen LogP contribution is 2.22. The normalized spacial score (nSPS) is 11.1. The molecule has 0 aliphatic heterocycles. The van der Waals surface area contributed by atoms with Gasteiger partial charge in [-0.05, 0) is 18.2 Å². The summed E-state index contributed by atoms with van der Waals surface area (Å²) in [4.78, 5) is 11.1. The zero-order valence-electron chi connectivity index (χ0n) is 8.97. The number of ether oxygens (including phenoxy) is 1. The van der Waals surface area contributed by atoms with Crippen molar-refractivity contribution < 1.29 is 22.7 Å². The van der Waals surface area contributed by atoms with Gasteiger partial charge in [0.1, 0.15) is 6.54 Å². The molecule has 0 radical (unpaired) electrons. The molecular weight excluding hydrogens is 237 g/mol. The second-order valence-corrected chi connectivity index (χ2v) is 3.26. The third kappa shape index (κ3) is 3.86. The number of carbonyl (C=O) groups excluding carboxylic acids is 1. The van der Waals surface area contributed by atoms with Gasteiger partial charge in [-0.1, -0.05) is 0 Å². The Kier molecular flexibility index (Phi) is 3.82. The van der Waals surface area contributed by atoms with Crippen molar-refractivity contribution in [3.8, 4) is 0 Å². The molecule has 0 saturated heterocycles. The van der Waals surface area contributed by atoms with Gasteiger partial charge in [-0.2, -0.15) is 13.2 Å². The number of nitrogens with two attached hydrogens (primary N) is 1. The smallest absolute Gasteiger partial charge is 0.405 e. The van der Waals surface area contributed by atoms with E-state index < -0.39 is 18.7 Å². The van der Waals surface area contributed by atoms with Crippen molar-refractivity contribution in [2.75, 3.05) is 24.7 Å². The molecule has 0 amide bonds. The van der Waals surface area contributed by atoms with Gasteiger partial charge in [-0.15, -0.1) is 0 Å². The summed E-state index contributed by atoms with van der Waals surface area (Å²) >= 11 is 0. The van der Waals surface area contributed by atoms with Gasteiger partial charge in [0, 0.05) is 0 Å². The highest BCUT2D eigenvalue weighted by Gasteiger charge is 2.26. The average Bonchev–Trinajstić information content (AvgIpc) is 2.25. The summed E-state index contributed by atoms with van der Waals surface area (Å²) in [6.07, 6.45) is -4.33. The second kappa shape index (κ2) is 4.94. The molecule has 94 valence electrons. The van der Waals surface area contributed by atoms with E-state index in [4.69, 9.17) is 5.73 Å². The number of alkyl halides is 3. The Morgan fingerprint density at radius 1 is 1.47 bits per heavy atom. The van der Waals surface area contributed by atoms with Crippen molar-refractivity contribution in [2.24, 2.45) is 0 Å². The predicted octanol–water partition coefficient (Wildman–Crippen LogP) is 2.03. The predicted molar refractivity (Wildman–Crippen MR) is 56.7 cm³/mol. The van der Waals surface area contributed by atoms with Gasteiger partial charge < -0.3 is 15.8 Å². The van der Waals surface area contributed by atoms with Crippen LogP contribution in [0.5, 0.6) is 0 Å². The van der Waals surface area contributed by atoms with Gasteiger partial charge >= 0.3 is 12.1 Å². The van der Waals surface area contributed by atoms with Crippen LogP contribution < -0.4 is 11.1 Å². The van der Waals surface area contributed by atoms with Gasteiger partial charge in [0.25, 0.3) is 0 Å². The van der Waals surface area contributed by atoms with E-state index in [1.54, 1.807) is 0 Å². The molecule has 1 rings (SSSR count). The summed E-state index contributed by atoms with van der Waals surface area (Å²) in [7, 11) is 1.20. The van der Waals surface area contributed by atoms with Crippen molar-refractivity contribution in [1.82, 2.24) is 0 Å².